The van der Waals surface area contributed by atoms with Gasteiger partial charge in [0.05, 0.1) is 27.4 Å². The maximum atomic E-state index is 12.9. The summed E-state index contributed by atoms with van der Waals surface area (Å²) in [5.41, 5.74) is 0.154. The van der Waals surface area contributed by atoms with E-state index in [0.717, 1.165) is 44.9 Å². The predicted octanol–water partition coefficient (Wildman–Crippen LogP) is 6.29. The van der Waals surface area contributed by atoms with Gasteiger partial charge >= 0.3 is 5.69 Å². The largest absolute Gasteiger partial charge is 0.449 e. The van der Waals surface area contributed by atoms with Crippen molar-refractivity contribution in [3.63, 3.8) is 0 Å². The molecule has 1 fully saturated rings. The van der Waals surface area contributed by atoms with Gasteiger partial charge in [0.2, 0.25) is 5.75 Å². The van der Waals surface area contributed by atoms with Gasteiger partial charge in [0, 0.05) is 16.1 Å². The van der Waals surface area contributed by atoms with Crippen LogP contribution in [-0.4, -0.2) is 25.9 Å². The molecule has 0 aliphatic carbocycles. The number of ether oxygens (including phenoxy) is 1. The summed E-state index contributed by atoms with van der Waals surface area (Å²) in [6.07, 6.45) is 1.47. The molecule has 1 heterocycles. The lowest BCUT2D eigenvalue weighted by molar-refractivity contribution is -0.394. The average Bonchev–Trinajstić information content (AvgIpc) is 3.09. The lowest BCUT2D eigenvalue weighted by Crippen LogP contribution is -2.27. The summed E-state index contributed by atoms with van der Waals surface area (Å²) >= 11 is 4.12. The maximum absolute atomic E-state index is 12.9. The fraction of sp³-hybridized carbons (Fsp3) is 0.0435. The van der Waals surface area contributed by atoms with Crippen LogP contribution in [-0.2, 0) is 11.3 Å². The number of hydrogen-bond donors (Lipinski definition) is 0. The number of nitro benzene ring substituents is 2. The van der Waals surface area contributed by atoms with Gasteiger partial charge in [-0.3, -0.25) is 34.7 Å². The molecule has 0 radical (unpaired) electrons. The van der Waals surface area contributed by atoms with Gasteiger partial charge in [-0.2, -0.15) is 0 Å². The van der Waals surface area contributed by atoms with Crippen LogP contribution in [0.4, 0.5) is 16.2 Å². The van der Waals surface area contributed by atoms with E-state index in [1.165, 1.54) is 12.1 Å². The van der Waals surface area contributed by atoms with E-state index in [1.807, 2.05) is 12.1 Å². The molecule has 0 aromatic heterocycles. The topological polar surface area (TPSA) is 133 Å². The number of halogens is 1. The summed E-state index contributed by atoms with van der Waals surface area (Å²) in [6, 6.07) is 16.7. The molecule has 1 saturated heterocycles. The highest BCUT2D eigenvalue weighted by molar-refractivity contribution is 9.10. The molecule has 3 aromatic rings. The van der Waals surface area contributed by atoms with E-state index in [2.05, 4.69) is 15.9 Å². The molecule has 3 aromatic carbocycles. The molecule has 0 N–H and O–H groups in total. The molecular weight excluding hydrogens is 542 g/mol. The first-order valence-electron chi connectivity index (χ1n) is 9.92. The molecular formula is C23H14BrN3O7S. The molecule has 10 nitrogen and oxygen atoms in total. The zero-order valence-corrected chi connectivity index (χ0v) is 20.0. The molecule has 0 spiro atoms. The Hall–Kier alpha value is -4.03. The van der Waals surface area contributed by atoms with Gasteiger partial charge in [0.15, 0.2) is 0 Å². The SMILES string of the molecule is O=C1S/C(=C\c2ccccc2Oc2ccc([N+](=O)[O-])cc2[N+](=O)[O-])C(=O)N1Cc1ccc(Br)cc1. The van der Waals surface area contributed by atoms with E-state index in [0.29, 0.717) is 5.56 Å². The van der Waals surface area contributed by atoms with Crippen LogP contribution in [0, 0.1) is 20.2 Å². The first-order chi connectivity index (χ1) is 16.7. The standard InChI is InChI=1S/C23H14BrN3O7S/c24-16-7-5-14(6-8-16)13-25-22(28)21(35-23(25)29)11-15-3-1-2-4-19(15)34-20-10-9-17(26(30)31)12-18(20)27(32)33/h1-12H,13H2/b21-11-. The summed E-state index contributed by atoms with van der Waals surface area (Å²) in [5, 5.41) is 22.0. The highest BCUT2D eigenvalue weighted by atomic mass is 79.9. The van der Waals surface area contributed by atoms with Gasteiger partial charge in [-0.15, -0.1) is 0 Å². The molecule has 0 saturated carbocycles. The number of rotatable bonds is 7. The quantitative estimate of drug-likeness (QED) is 0.188. The Kier molecular flexibility index (Phi) is 6.94. The molecule has 4 rings (SSSR count). The van der Waals surface area contributed by atoms with Crippen LogP contribution in [0.2, 0.25) is 0 Å². The third-order valence-corrected chi connectivity index (χ3v) is 6.34. The fourth-order valence-electron chi connectivity index (χ4n) is 3.21. The minimum Gasteiger partial charge on any atom is -0.449 e. The minimum absolute atomic E-state index is 0.114. The van der Waals surface area contributed by atoms with Crippen molar-refractivity contribution >= 4 is 56.3 Å². The fourth-order valence-corrected chi connectivity index (χ4v) is 4.30. The molecule has 1 aliphatic rings. The smallest absolute Gasteiger partial charge is 0.318 e. The third kappa shape index (κ3) is 5.39. The summed E-state index contributed by atoms with van der Waals surface area (Å²) in [6.45, 7) is 0.114. The van der Waals surface area contributed by atoms with E-state index >= 15 is 0 Å². The Morgan fingerprint density at radius 3 is 2.34 bits per heavy atom. The lowest BCUT2D eigenvalue weighted by atomic mass is 10.1. The van der Waals surface area contributed by atoms with E-state index < -0.39 is 32.4 Å². The Bertz CT molecular complexity index is 1390. The van der Waals surface area contributed by atoms with Gasteiger partial charge < -0.3 is 4.74 Å². The van der Waals surface area contributed by atoms with Gasteiger partial charge in [-0.1, -0.05) is 46.3 Å². The number of carbonyl (C=O) groups excluding carboxylic acids is 2. The van der Waals surface area contributed by atoms with Crippen molar-refractivity contribution in [1.82, 2.24) is 4.90 Å². The number of amides is 2. The zero-order chi connectivity index (χ0) is 25.1. The number of non-ortho nitro benzene ring substituents is 1. The molecule has 176 valence electrons. The summed E-state index contributed by atoms with van der Waals surface area (Å²) in [7, 11) is 0. The maximum Gasteiger partial charge on any atom is 0.318 e. The van der Waals surface area contributed by atoms with Gasteiger partial charge in [0.1, 0.15) is 5.75 Å². The van der Waals surface area contributed by atoms with Crippen molar-refractivity contribution in [2.24, 2.45) is 0 Å². The van der Waals surface area contributed by atoms with Crippen molar-refractivity contribution in [3.05, 3.63) is 107 Å². The van der Waals surface area contributed by atoms with Crippen LogP contribution >= 0.6 is 27.7 Å². The van der Waals surface area contributed by atoms with Crippen LogP contribution in [0.25, 0.3) is 6.08 Å². The summed E-state index contributed by atoms with van der Waals surface area (Å²) in [4.78, 5) is 47.6. The Morgan fingerprint density at radius 2 is 1.66 bits per heavy atom. The summed E-state index contributed by atoms with van der Waals surface area (Å²) < 4.78 is 6.59. The zero-order valence-electron chi connectivity index (χ0n) is 17.6. The molecule has 12 heteroatoms. The second kappa shape index (κ2) is 10.1. The molecule has 0 bridgehead atoms. The third-order valence-electron chi connectivity index (χ3n) is 4.90. The van der Waals surface area contributed by atoms with Gasteiger partial charge in [0.25, 0.3) is 16.8 Å². The van der Waals surface area contributed by atoms with E-state index in [-0.39, 0.29) is 22.9 Å². The van der Waals surface area contributed by atoms with Gasteiger partial charge in [-0.05, 0) is 47.7 Å². The second-order valence-electron chi connectivity index (χ2n) is 7.20. The number of benzene rings is 3. The molecule has 1 aliphatic heterocycles. The Morgan fingerprint density at radius 1 is 0.943 bits per heavy atom. The number of para-hydroxylation sites is 1. The monoisotopic (exact) mass is 555 g/mol. The van der Waals surface area contributed by atoms with Crippen LogP contribution in [0.15, 0.2) is 76.1 Å². The van der Waals surface area contributed by atoms with Gasteiger partial charge in [-0.25, -0.2) is 0 Å². The first kappa shape index (κ1) is 24.1. The Balaban J connectivity index is 1.61. The highest BCUT2D eigenvalue weighted by Crippen LogP contribution is 2.38. The normalized spacial score (nSPS) is 14.4. The molecule has 2 amide bonds. The average molecular weight is 556 g/mol. The van der Waals surface area contributed by atoms with Crippen LogP contribution < -0.4 is 4.74 Å². The van der Waals surface area contributed by atoms with Crippen LogP contribution in [0.3, 0.4) is 0 Å². The van der Waals surface area contributed by atoms with E-state index in [1.54, 1.807) is 30.3 Å². The van der Waals surface area contributed by atoms with Crippen molar-refractivity contribution in [1.29, 1.82) is 0 Å². The molecule has 0 unspecified atom stereocenters. The van der Waals surface area contributed by atoms with E-state index in [4.69, 9.17) is 4.74 Å². The minimum atomic E-state index is -0.779. The number of nitro groups is 2. The molecule has 0 atom stereocenters. The first-order valence-corrected chi connectivity index (χ1v) is 11.5. The van der Waals surface area contributed by atoms with Crippen molar-refractivity contribution in [3.8, 4) is 11.5 Å². The molecule has 35 heavy (non-hydrogen) atoms. The van der Waals surface area contributed by atoms with Crippen molar-refractivity contribution in [2.45, 2.75) is 6.54 Å². The Labute approximate surface area is 210 Å². The van der Waals surface area contributed by atoms with Crippen LogP contribution in [0.5, 0.6) is 11.5 Å². The van der Waals surface area contributed by atoms with E-state index in [9.17, 15) is 29.8 Å². The lowest BCUT2D eigenvalue weighted by Gasteiger charge is -2.12. The number of carbonyl (C=O) groups is 2. The number of thioether (sulfide) groups is 1. The number of imide groups is 1. The van der Waals surface area contributed by atoms with Crippen molar-refractivity contribution < 1.29 is 24.2 Å². The second-order valence-corrected chi connectivity index (χ2v) is 9.11. The number of hydrogen-bond acceptors (Lipinski definition) is 8. The summed E-state index contributed by atoms with van der Waals surface area (Å²) in [5.74, 6) is -0.506. The number of nitrogens with zero attached hydrogens (tertiary/aromatic N) is 3. The predicted molar refractivity (Wildman–Crippen MR) is 132 cm³/mol. The van der Waals surface area contributed by atoms with Crippen LogP contribution in [0.1, 0.15) is 11.1 Å². The highest BCUT2D eigenvalue weighted by Gasteiger charge is 2.35. The van der Waals surface area contributed by atoms with Crippen molar-refractivity contribution in [2.75, 3.05) is 0 Å².